The van der Waals surface area contributed by atoms with Crippen molar-refractivity contribution in [3.63, 3.8) is 0 Å². The zero-order valence-corrected chi connectivity index (χ0v) is 21.2. The Hall–Kier alpha value is -1.88. The minimum Gasteiger partial charge on any atom is -0.491 e. The van der Waals surface area contributed by atoms with Crippen LogP contribution in [0.25, 0.3) is 0 Å². The molecule has 1 unspecified atom stereocenters. The molecule has 0 aromatic heterocycles. The summed E-state index contributed by atoms with van der Waals surface area (Å²) in [5.74, 6) is -0.624. The van der Waals surface area contributed by atoms with Crippen molar-refractivity contribution in [2.75, 3.05) is 26.3 Å². The summed E-state index contributed by atoms with van der Waals surface area (Å²) in [7, 11) is 0. The maximum Gasteiger partial charge on any atom is 0.416 e. The van der Waals surface area contributed by atoms with Crippen LogP contribution >= 0.6 is 11.8 Å². The number of hydrogen-bond acceptors (Lipinski definition) is 5. The zero-order chi connectivity index (χ0) is 25.3. The van der Waals surface area contributed by atoms with Crippen LogP contribution in [0.15, 0.2) is 34.8 Å². The summed E-state index contributed by atoms with van der Waals surface area (Å²) >= 11 is 1.32. The number of benzene rings is 1. The number of halogens is 3. The van der Waals surface area contributed by atoms with Crippen molar-refractivity contribution in [2.45, 2.75) is 70.3 Å². The largest absolute Gasteiger partial charge is 0.491 e. The van der Waals surface area contributed by atoms with Gasteiger partial charge in [0, 0.05) is 18.1 Å². The number of thioether (sulfide) groups is 1. The van der Waals surface area contributed by atoms with Gasteiger partial charge in [-0.05, 0) is 83.0 Å². The number of alkyl halides is 3. The Labute approximate surface area is 208 Å². The number of amides is 1. The third-order valence-electron chi connectivity index (χ3n) is 6.88. The van der Waals surface area contributed by atoms with Gasteiger partial charge >= 0.3 is 6.18 Å². The van der Waals surface area contributed by atoms with Crippen molar-refractivity contribution in [1.29, 1.82) is 0 Å². The number of carbonyl (C=O) groups excluding carboxylic acids is 1. The summed E-state index contributed by atoms with van der Waals surface area (Å²) < 4.78 is 52.4. The molecule has 1 aromatic rings. The fourth-order valence-electron chi connectivity index (χ4n) is 4.74. The van der Waals surface area contributed by atoms with Gasteiger partial charge in [-0.2, -0.15) is 13.2 Å². The molecule has 0 aliphatic carbocycles. The summed E-state index contributed by atoms with van der Waals surface area (Å²) in [5.41, 5.74) is -1.42. The van der Waals surface area contributed by atoms with Crippen molar-refractivity contribution in [3.8, 4) is 5.75 Å². The number of quaternary nitrogens is 1. The summed E-state index contributed by atoms with van der Waals surface area (Å²) in [5, 5.41) is 5.71. The Bertz CT molecular complexity index is 994. The van der Waals surface area contributed by atoms with Crippen LogP contribution in [0.3, 0.4) is 0 Å². The molecule has 0 saturated carbocycles. The Morgan fingerprint density at radius 3 is 2.69 bits per heavy atom. The van der Waals surface area contributed by atoms with E-state index in [0.29, 0.717) is 22.8 Å². The Morgan fingerprint density at radius 2 is 2.06 bits per heavy atom. The van der Waals surface area contributed by atoms with Crippen LogP contribution in [0.5, 0.6) is 5.75 Å². The number of ether oxygens (including phenoxy) is 2. The van der Waals surface area contributed by atoms with E-state index in [4.69, 9.17) is 9.47 Å². The van der Waals surface area contributed by atoms with E-state index < -0.39 is 17.6 Å². The highest BCUT2D eigenvalue weighted by molar-refractivity contribution is 8.16. The maximum atomic E-state index is 13.5. The lowest BCUT2D eigenvalue weighted by atomic mass is 10.0. The number of hydrogen-bond donors (Lipinski definition) is 1. The van der Waals surface area contributed by atoms with Crippen molar-refractivity contribution in [3.05, 3.63) is 40.9 Å². The molecule has 1 N–H and O–H groups in total. The highest BCUT2D eigenvalue weighted by atomic mass is 32.2. The minimum atomic E-state index is -4.58. The van der Waals surface area contributed by atoms with E-state index in [0.717, 1.165) is 44.4 Å². The first-order chi connectivity index (χ1) is 16.5. The molecule has 35 heavy (non-hydrogen) atoms. The number of rotatable bonds is 6. The van der Waals surface area contributed by atoms with Crippen LogP contribution in [-0.2, 0) is 10.9 Å². The van der Waals surface area contributed by atoms with Gasteiger partial charge in [0.2, 0.25) is 0 Å². The molecule has 10 heteroatoms. The molecule has 6 nitrogen and oxygen atoms in total. The third kappa shape index (κ3) is 5.76. The van der Waals surface area contributed by atoms with Gasteiger partial charge in [-0.1, -0.05) is 0 Å². The lowest BCUT2D eigenvalue weighted by molar-refractivity contribution is -0.838. The van der Waals surface area contributed by atoms with Crippen LogP contribution in [0.2, 0.25) is 0 Å². The first-order valence-corrected chi connectivity index (χ1v) is 12.9. The van der Waals surface area contributed by atoms with E-state index >= 15 is 0 Å². The first kappa shape index (κ1) is 26.2. The zero-order valence-electron chi connectivity index (χ0n) is 20.4. The Balaban J connectivity index is 1.67. The van der Waals surface area contributed by atoms with Gasteiger partial charge < -0.3 is 14.8 Å². The van der Waals surface area contributed by atoms with Crippen molar-refractivity contribution in [1.82, 2.24) is 5.32 Å². The molecule has 1 aromatic carbocycles. The molecular formula is C25H33F3N3O3S+. The summed E-state index contributed by atoms with van der Waals surface area (Å²) in [6, 6.07) is 3.13. The number of aliphatic imine (C=N–C) groups is 1. The van der Waals surface area contributed by atoms with Gasteiger partial charge in [0.15, 0.2) is 0 Å². The Kier molecular flexibility index (Phi) is 7.66. The SMILES string of the molecule is CC(C)(C)[N+]1(C[C@H]2CCCO2)C=CSC1=NC(=O)c1cc(C(F)(F)F)ccc1OC[C@@H]1CCCN1. The lowest BCUT2D eigenvalue weighted by Crippen LogP contribution is -2.60. The van der Waals surface area contributed by atoms with Crippen LogP contribution < -0.4 is 10.1 Å². The van der Waals surface area contributed by atoms with E-state index in [1.807, 2.05) is 11.6 Å². The van der Waals surface area contributed by atoms with Crippen molar-refractivity contribution >= 4 is 22.8 Å². The summed E-state index contributed by atoms with van der Waals surface area (Å²) in [4.78, 5) is 17.8. The molecule has 2 saturated heterocycles. The highest BCUT2D eigenvalue weighted by Crippen LogP contribution is 2.40. The molecule has 3 heterocycles. The topological polar surface area (TPSA) is 59.9 Å². The second kappa shape index (κ2) is 10.2. The van der Waals surface area contributed by atoms with Gasteiger partial charge in [0.1, 0.15) is 36.7 Å². The number of nitrogens with one attached hydrogen (secondary N) is 1. The van der Waals surface area contributed by atoms with E-state index in [-0.39, 0.29) is 35.6 Å². The summed E-state index contributed by atoms with van der Waals surface area (Å²) in [6.45, 7) is 8.65. The molecule has 0 spiro atoms. The van der Waals surface area contributed by atoms with Crippen LogP contribution in [0.1, 0.15) is 62.4 Å². The van der Waals surface area contributed by atoms with E-state index in [1.165, 1.54) is 17.8 Å². The second-order valence-electron chi connectivity index (χ2n) is 10.3. The van der Waals surface area contributed by atoms with E-state index in [2.05, 4.69) is 31.1 Å². The van der Waals surface area contributed by atoms with E-state index in [9.17, 15) is 18.0 Å². The van der Waals surface area contributed by atoms with Gasteiger partial charge in [0.25, 0.3) is 11.1 Å². The highest BCUT2D eigenvalue weighted by Gasteiger charge is 2.49. The first-order valence-electron chi connectivity index (χ1n) is 12.0. The fourth-order valence-corrected chi connectivity index (χ4v) is 5.86. The predicted molar refractivity (Wildman–Crippen MR) is 130 cm³/mol. The molecule has 2 fully saturated rings. The number of nitrogens with zero attached hydrogens (tertiary/aromatic N) is 2. The molecule has 0 bridgehead atoms. The van der Waals surface area contributed by atoms with E-state index in [1.54, 1.807) is 0 Å². The monoisotopic (exact) mass is 512 g/mol. The molecule has 3 atom stereocenters. The maximum absolute atomic E-state index is 13.5. The predicted octanol–water partition coefficient (Wildman–Crippen LogP) is 5.34. The minimum absolute atomic E-state index is 0.0317. The molecule has 3 aliphatic rings. The third-order valence-corrected chi connectivity index (χ3v) is 7.77. The van der Waals surface area contributed by atoms with Gasteiger partial charge in [-0.25, -0.2) is 4.48 Å². The van der Waals surface area contributed by atoms with Crippen molar-refractivity contribution < 1.29 is 31.9 Å². The van der Waals surface area contributed by atoms with Gasteiger partial charge in [-0.3, -0.25) is 4.79 Å². The molecule has 192 valence electrons. The van der Waals surface area contributed by atoms with Crippen LogP contribution in [0, 0.1) is 0 Å². The smallest absolute Gasteiger partial charge is 0.416 e. The lowest BCUT2D eigenvalue weighted by Gasteiger charge is -2.43. The molecule has 0 radical (unpaired) electrons. The molecule has 3 aliphatic heterocycles. The van der Waals surface area contributed by atoms with Crippen LogP contribution in [0.4, 0.5) is 13.2 Å². The van der Waals surface area contributed by atoms with Gasteiger partial charge in [-0.15, -0.1) is 4.99 Å². The number of carbonyl (C=O) groups is 1. The standard InChI is InChI=1S/C25H33F3N3O3S/c1-24(2,3)31(15-19-7-5-12-33-19)11-13-35-23(31)30-22(32)20-14-17(25(26,27)28)8-9-21(20)34-16-18-6-4-10-29-18/h8-9,11,13-14,18-19,29H,4-7,10,12,15-16H2,1-3H3/q+1/t18-,19+,31?/m0/s1. The second-order valence-corrected chi connectivity index (χ2v) is 11.1. The number of amidine groups is 1. The summed E-state index contributed by atoms with van der Waals surface area (Å²) in [6.07, 6.45) is 1.31. The van der Waals surface area contributed by atoms with Crippen LogP contribution in [-0.4, -0.2) is 59.5 Å². The Morgan fingerprint density at radius 1 is 1.26 bits per heavy atom. The fraction of sp³-hybridized carbons (Fsp3) is 0.600. The molecule has 4 rings (SSSR count). The van der Waals surface area contributed by atoms with Gasteiger partial charge in [0.05, 0.1) is 11.1 Å². The average Bonchev–Trinajstić information content (AvgIpc) is 3.55. The normalized spacial score (nSPS) is 28.2. The van der Waals surface area contributed by atoms with Crippen molar-refractivity contribution in [2.24, 2.45) is 4.99 Å². The average molecular weight is 513 g/mol. The quantitative estimate of drug-likeness (QED) is 0.521. The molecular weight excluding hydrogens is 479 g/mol. The molecule has 1 amide bonds.